The highest BCUT2D eigenvalue weighted by molar-refractivity contribution is 6.28. The number of halogens is 1. The largest absolute Gasteiger partial charge is 0.354 e. The van der Waals surface area contributed by atoms with Gasteiger partial charge in [0.05, 0.1) is 0 Å². The molecule has 1 aromatic heterocycles. The number of nitrogens with one attached hydrogen (secondary N) is 2. The van der Waals surface area contributed by atoms with Crippen molar-refractivity contribution in [3.05, 3.63) is 5.28 Å². The number of carbonyl (C=O) groups is 1. The zero-order valence-corrected chi connectivity index (χ0v) is 13.2. The van der Waals surface area contributed by atoms with Crippen LogP contribution < -0.4 is 15.5 Å². The van der Waals surface area contributed by atoms with Crippen molar-refractivity contribution in [2.75, 3.05) is 29.9 Å². The van der Waals surface area contributed by atoms with Gasteiger partial charge in [0.15, 0.2) is 0 Å². The average Bonchev–Trinajstić information content (AvgIpc) is 2.98. The van der Waals surface area contributed by atoms with E-state index in [1.54, 1.807) is 6.92 Å². The molecular formula is C13H21ClN6O. The Labute approximate surface area is 129 Å². The molecule has 21 heavy (non-hydrogen) atoms. The van der Waals surface area contributed by atoms with Crippen LogP contribution in [-0.2, 0) is 4.79 Å². The van der Waals surface area contributed by atoms with Crippen LogP contribution in [0.3, 0.4) is 0 Å². The van der Waals surface area contributed by atoms with Gasteiger partial charge < -0.3 is 15.5 Å². The summed E-state index contributed by atoms with van der Waals surface area (Å²) in [5, 5.41) is 5.93. The van der Waals surface area contributed by atoms with Crippen molar-refractivity contribution in [2.45, 2.75) is 39.2 Å². The van der Waals surface area contributed by atoms with Gasteiger partial charge in [-0.3, -0.25) is 4.79 Å². The minimum Gasteiger partial charge on any atom is -0.354 e. The first-order valence-corrected chi connectivity index (χ1v) is 7.68. The summed E-state index contributed by atoms with van der Waals surface area (Å²) < 4.78 is 0. The topological polar surface area (TPSA) is 83.0 Å². The summed E-state index contributed by atoms with van der Waals surface area (Å²) in [5.74, 6) is 0.809. The molecule has 1 amide bonds. The monoisotopic (exact) mass is 312 g/mol. The maximum Gasteiger partial charge on any atom is 0.242 e. The van der Waals surface area contributed by atoms with Crippen LogP contribution in [0.5, 0.6) is 0 Å². The number of hydrogen-bond donors (Lipinski definition) is 2. The van der Waals surface area contributed by atoms with E-state index >= 15 is 0 Å². The predicted molar refractivity (Wildman–Crippen MR) is 82.7 cm³/mol. The van der Waals surface area contributed by atoms with Crippen molar-refractivity contribution in [2.24, 2.45) is 0 Å². The second-order valence-corrected chi connectivity index (χ2v) is 5.42. The molecule has 0 aromatic carbocycles. The molecule has 0 radical (unpaired) electrons. The second-order valence-electron chi connectivity index (χ2n) is 5.08. The van der Waals surface area contributed by atoms with Crippen molar-refractivity contribution in [3.8, 4) is 0 Å². The fourth-order valence-corrected chi connectivity index (χ4v) is 2.28. The van der Waals surface area contributed by atoms with E-state index in [0.29, 0.717) is 18.4 Å². The lowest BCUT2D eigenvalue weighted by atomic mass is 10.3. The molecule has 1 aromatic rings. The van der Waals surface area contributed by atoms with E-state index in [9.17, 15) is 4.79 Å². The minimum absolute atomic E-state index is 0.0869. The summed E-state index contributed by atoms with van der Waals surface area (Å²) in [5.41, 5.74) is 0. The Balaban J connectivity index is 2.03. The van der Waals surface area contributed by atoms with Gasteiger partial charge in [0.2, 0.25) is 23.1 Å². The molecule has 116 valence electrons. The van der Waals surface area contributed by atoms with Crippen molar-refractivity contribution < 1.29 is 4.79 Å². The highest BCUT2D eigenvalue weighted by Crippen LogP contribution is 2.18. The summed E-state index contributed by atoms with van der Waals surface area (Å²) in [6, 6.07) is -0.429. The van der Waals surface area contributed by atoms with Crippen LogP contribution in [0.25, 0.3) is 0 Å². The van der Waals surface area contributed by atoms with Crippen molar-refractivity contribution in [1.29, 1.82) is 0 Å². The molecule has 2 rings (SSSR count). The molecule has 0 bridgehead atoms. The fourth-order valence-electron chi connectivity index (χ4n) is 2.12. The van der Waals surface area contributed by atoms with Gasteiger partial charge in [0, 0.05) is 19.6 Å². The molecule has 1 atom stereocenters. The van der Waals surface area contributed by atoms with Gasteiger partial charge in [-0.1, -0.05) is 6.92 Å². The Morgan fingerprint density at radius 2 is 2.05 bits per heavy atom. The molecular weight excluding hydrogens is 292 g/mol. The summed E-state index contributed by atoms with van der Waals surface area (Å²) in [6.07, 6.45) is 3.15. The molecule has 2 N–H and O–H groups in total. The third kappa shape index (κ3) is 4.42. The smallest absolute Gasteiger partial charge is 0.242 e. The maximum atomic E-state index is 11.8. The van der Waals surface area contributed by atoms with E-state index in [2.05, 4.69) is 30.5 Å². The molecule has 1 saturated heterocycles. The minimum atomic E-state index is -0.429. The highest BCUT2D eigenvalue weighted by Gasteiger charge is 2.19. The van der Waals surface area contributed by atoms with E-state index in [1.807, 2.05) is 6.92 Å². The van der Waals surface area contributed by atoms with Crippen LogP contribution in [0.4, 0.5) is 11.9 Å². The Morgan fingerprint density at radius 3 is 2.71 bits per heavy atom. The summed E-state index contributed by atoms with van der Waals surface area (Å²) in [7, 11) is 0. The molecule has 7 nitrogen and oxygen atoms in total. The van der Waals surface area contributed by atoms with Gasteiger partial charge in [0.1, 0.15) is 6.04 Å². The van der Waals surface area contributed by atoms with E-state index in [0.717, 1.165) is 32.4 Å². The fraction of sp³-hybridized carbons (Fsp3) is 0.692. The highest BCUT2D eigenvalue weighted by atomic mass is 35.5. The van der Waals surface area contributed by atoms with Gasteiger partial charge in [-0.25, -0.2) is 0 Å². The third-order valence-corrected chi connectivity index (χ3v) is 3.44. The Kier molecular flexibility index (Phi) is 5.55. The molecule has 8 heteroatoms. The van der Waals surface area contributed by atoms with Crippen LogP contribution in [0.15, 0.2) is 0 Å². The van der Waals surface area contributed by atoms with E-state index < -0.39 is 6.04 Å². The van der Waals surface area contributed by atoms with Crippen LogP contribution in [0, 0.1) is 0 Å². The zero-order valence-electron chi connectivity index (χ0n) is 12.4. The summed E-state index contributed by atoms with van der Waals surface area (Å²) >= 11 is 5.95. The first kappa shape index (κ1) is 15.8. The molecule has 1 unspecified atom stereocenters. The van der Waals surface area contributed by atoms with Crippen LogP contribution >= 0.6 is 11.6 Å². The summed E-state index contributed by atoms with van der Waals surface area (Å²) in [4.78, 5) is 26.4. The standard InChI is InChI=1S/C13H21ClN6O/c1-3-6-15-10(21)9(2)16-12-17-11(14)18-13(19-12)20-7-4-5-8-20/h9H,3-8H2,1-2H3,(H,15,21)(H,16,17,18,19). The molecule has 2 heterocycles. The van der Waals surface area contributed by atoms with Crippen LogP contribution in [-0.4, -0.2) is 46.5 Å². The van der Waals surface area contributed by atoms with Crippen molar-refractivity contribution in [1.82, 2.24) is 20.3 Å². The SMILES string of the molecule is CCCNC(=O)C(C)Nc1nc(Cl)nc(N2CCCC2)n1. The number of rotatable bonds is 6. The third-order valence-electron chi connectivity index (χ3n) is 3.27. The van der Waals surface area contributed by atoms with Crippen molar-refractivity contribution >= 4 is 29.4 Å². The van der Waals surface area contributed by atoms with Crippen molar-refractivity contribution in [3.63, 3.8) is 0 Å². The number of nitrogens with zero attached hydrogens (tertiary/aromatic N) is 4. The average molecular weight is 313 g/mol. The van der Waals surface area contributed by atoms with E-state index in [-0.39, 0.29) is 11.2 Å². The van der Waals surface area contributed by atoms with Crippen LogP contribution in [0.2, 0.25) is 5.28 Å². The lowest BCUT2D eigenvalue weighted by Crippen LogP contribution is -2.38. The van der Waals surface area contributed by atoms with Gasteiger partial charge in [0.25, 0.3) is 0 Å². The first-order chi connectivity index (χ1) is 10.1. The normalized spacial score (nSPS) is 15.9. The Morgan fingerprint density at radius 1 is 1.33 bits per heavy atom. The molecule has 1 aliphatic heterocycles. The number of carbonyl (C=O) groups excluding carboxylic acids is 1. The van der Waals surface area contributed by atoms with Gasteiger partial charge >= 0.3 is 0 Å². The first-order valence-electron chi connectivity index (χ1n) is 7.31. The lowest BCUT2D eigenvalue weighted by Gasteiger charge is -2.17. The molecule has 0 saturated carbocycles. The van der Waals surface area contributed by atoms with E-state index in [1.165, 1.54) is 0 Å². The number of aromatic nitrogens is 3. The van der Waals surface area contributed by atoms with E-state index in [4.69, 9.17) is 11.6 Å². The zero-order chi connectivity index (χ0) is 15.2. The predicted octanol–water partition coefficient (Wildman–Crippen LogP) is 1.45. The molecule has 0 spiro atoms. The Hall–Kier alpha value is -1.63. The van der Waals surface area contributed by atoms with Gasteiger partial charge in [-0.05, 0) is 37.8 Å². The summed E-state index contributed by atoms with van der Waals surface area (Å²) in [6.45, 7) is 6.27. The molecule has 1 aliphatic rings. The number of hydrogen-bond acceptors (Lipinski definition) is 6. The Bertz CT molecular complexity index is 492. The maximum absolute atomic E-state index is 11.8. The van der Waals surface area contributed by atoms with Crippen LogP contribution in [0.1, 0.15) is 33.1 Å². The molecule has 0 aliphatic carbocycles. The lowest BCUT2D eigenvalue weighted by molar-refractivity contribution is -0.121. The van der Waals surface area contributed by atoms with Gasteiger partial charge in [-0.15, -0.1) is 0 Å². The second kappa shape index (κ2) is 7.40. The quantitative estimate of drug-likeness (QED) is 0.827. The van der Waals surface area contributed by atoms with Gasteiger partial charge in [-0.2, -0.15) is 15.0 Å². The molecule has 1 fully saturated rings. The number of anilines is 2. The number of amides is 1.